The Morgan fingerprint density at radius 2 is 2.00 bits per heavy atom. The van der Waals surface area contributed by atoms with Gasteiger partial charge in [-0.15, -0.1) is 0 Å². The molecule has 3 nitrogen and oxygen atoms in total. The van der Waals surface area contributed by atoms with Gasteiger partial charge in [0.25, 0.3) is 0 Å². The number of nitrogens with two attached hydrogens (primary N) is 1. The van der Waals surface area contributed by atoms with E-state index < -0.39 is 0 Å². The minimum Gasteiger partial charge on any atom is -0.343 e. The Bertz CT molecular complexity index is 190. The molecule has 0 aromatic heterocycles. The van der Waals surface area contributed by atoms with Crippen molar-refractivity contribution in [2.24, 2.45) is 17.6 Å². The van der Waals surface area contributed by atoms with Gasteiger partial charge in [-0.05, 0) is 39.2 Å². The Labute approximate surface area is 86.6 Å². The lowest BCUT2D eigenvalue weighted by Gasteiger charge is -2.25. The van der Waals surface area contributed by atoms with Crippen LogP contribution in [0.3, 0.4) is 0 Å². The molecule has 0 saturated heterocycles. The van der Waals surface area contributed by atoms with Crippen molar-refractivity contribution in [1.29, 1.82) is 0 Å². The highest BCUT2D eigenvalue weighted by Crippen LogP contribution is 2.32. The summed E-state index contributed by atoms with van der Waals surface area (Å²) in [6.07, 6.45) is 3.34. The van der Waals surface area contributed by atoms with Crippen LogP contribution >= 0.6 is 0 Å². The van der Waals surface area contributed by atoms with E-state index in [4.69, 9.17) is 5.73 Å². The van der Waals surface area contributed by atoms with E-state index in [1.165, 1.54) is 6.42 Å². The van der Waals surface area contributed by atoms with E-state index in [-0.39, 0.29) is 5.92 Å². The van der Waals surface area contributed by atoms with E-state index in [0.29, 0.717) is 18.4 Å². The molecule has 2 N–H and O–H groups in total. The van der Waals surface area contributed by atoms with E-state index in [0.717, 1.165) is 25.9 Å². The zero-order valence-corrected chi connectivity index (χ0v) is 9.33. The van der Waals surface area contributed by atoms with Crippen molar-refractivity contribution < 1.29 is 4.79 Å². The standard InChI is InChI=1S/C11H22N2O/c1-3-13(4-2)11(14)10-7-5-6-9(10)8-12/h9-10H,3-8,12H2,1-2H3. The lowest BCUT2D eigenvalue weighted by molar-refractivity contribution is -0.136. The maximum Gasteiger partial charge on any atom is 0.225 e. The first-order valence-corrected chi connectivity index (χ1v) is 5.73. The number of hydrogen-bond donors (Lipinski definition) is 1. The third-order valence-electron chi connectivity index (χ3n) is 3.35. The fraction of sp³-hybridized carbons (Fsp3) is 0.909. The Hall–Kier alpha value is -0.570. The SMILES string of the molecule is CCN(CC)C(=O)C1CCCC1CN. The normalized spacial score (nSPS) is 26.5. The molecule has 2 unspecified atom stereocenters. The summed E-state index contributed by atoms with van der Waals surface area (Å²) in [4.78, 5) is 14.0. The molecule has 1 rings (SSSR count). The summed E-state index contributed by atoms with van der Waals surface area (Å²) in [6, 6.07) is 0. The van der Waals surface area contributed by atoms with Crippen LogP contribution in [0, 0.1) is 11.8 Å². The van der Waals surface area contributed by atoms with Gasteiger partial charge in [0.05, 0.1) is 0 Å². The van der Waals surface area contributed by atoms with Crippen molar-refractivity contribution >= 4 is 5.91 Å². The molecule has 0 heterocycles. The van der Waals surface area contributed by atoms with Gasteiger partial charge in [-0.3, -0.25) is 4.79 Å². The highest BCUT2D eigenvalue weighted by molar-refractivity contribution is 5.79. The van der Waals surface area contributed by atoms with E-state index in [1.807, 2.05) is 18.7 Å². The number of nitrogens with zero attached hydrogens (tertiary/aromatic N) is 1. The van der Waals surface area contributed by atoms with Crippen LogP contribution in [0.1, 0.15) is 33.1 Å². The second-order valence-electron chi connectivity index (χ2n) is 4.04. The largest absolute Gasteiger partial charge is 0.343 e. The first-order valence-electron chi connectivity index (χ1n) is 5.73. The van der Waals surface area contributed by atoms with Gasteiger partial charge in [0.1, 0.15) is 0 Å². The van der Waals surface area contributed by atoms with Gasteiger partial charge < -0.3 is 10.6 Å². The van der Waals surface area contributed by atoms with Gasteiger partial charge >= 0.3 is 0 Å². The summed E-state index contributed by atoms with van der Waals surface area (Å²) >= 11 is 0. The Balaban J connectivity index is 2.58. The second kappa shape index (κ2) is 5.35. The molecule has 2 atom stereocenters. The molecule has 0 spiro atoms. The smallest absolute Gasteiger partial charge is 0.225 e. The van der Waals surface area contributed by atoms with Crippen LogP contribution in [0.15, 0.2) is 0 Å². The fourth-order valence-corrected chi connectivity index (χ4v) is 2.41. The van der Waals surface area contributed by atoms with Crippen LogP contribution in [0.2, 0.25) is 0 Å². The summed E-state index contributed by atoms with van der Waals surface area (Å²) < 4.78 is 0. The van der Waals surface area contributed by atoms with Gasteiger partial charge in [-0.1, -0.05) is 6.42 Å². The molecule has 1 aliphatic carbocycles. The maximum absolute atomic E-state index is 12.0. The monoisotopic (exact) mass is 198 g/mol. The van der Waals surface area contributed by atoms with E-state index in [1.54, 1.807) is 0 Å². The van der Waals surface area contributed by atoms with Crippen LogP contribution in [0.4, 0.5) is 0 Å². The minimum atomic E-state index is 0.208. The van der Waals surface area contributed by atoms with Crippen molar-refractivity contribution in [2.75, 3.05) is 19.6 Å². The molecule has 1 amide bonds. The summed E-state index contributed by atoms with van der Waals surface area (Å²) in [6.45, 7) is 6.38. The molecule has 82 valence electrons. The number of carbonyl (C=O) groups is 1. The van der Waals surface area contributed by atoms with E-state index >= 15 is 0 Å². The number of rotatable bonds is 4. The second-order valence-corrected chi connectivity index (χ2v) is 4.04. The average molecular weight is 198 g/mol. The van der Waals surface area contributed by atoms with Crippen molar-refractivity contribution in [2.45, 2.75) is 33.1 Å². The molecule has 0 radical (unpaired) electrons. The molecule has 0 aromatic rings. The molecule has 0 aromatic carbocycles. The number of hydrogen-bond acceptors (Lipinski definition) is 2. The first-order chi connectivity index (χ1) is 6.74. The number of amides is 1. The molecule has 3 heteroatoms. The van der Waals surface area contributed by atoms with Crippen LogP contribution in [-0.2, 0) is 4.79 Å². The van der Waals surface area contributed by atoms with Crippen LogP contribution in [0.25, 0.3) is 0 Å². The molecule has 1 fully saturated rings. The fourth-order valence-electron chi connectivity index (χ4n) is 2.41. The molecule has 0 bridgehead atoms. The maximum atomic E-state index is 12.0. The summed E-state index contributed by atoms with van der Waals surface area (Å²) in [5.74, 6) is 0.964. The Morgan fingerprint density at radius 1 is 1.36 bits per heavy atom. The van der Waals surface area contributed by atoms with E-state index in [9.17, 15) is 4.79 Å². The molecule has 0 aliphatic heterocycles. The van der Waals surface area contributed by atoms with Gasteiger partial charge in [0, 0.05) is 19.0 Å². The quantitative estimate of drug-likeness (QED) is 0.738. The number of carbonyl (C=O) groups excluding carboxylic acids is 1. The zero-order valence-electron chi connectivity index (χ0n) is 9.33. The van der Waals surface area contributed by atoms with E-state index in [2.05, 4.69) is 0 Å². The predicted octanol–water partition coefficient (Wildman–Crippen LogP) is 1.23. The summed E-state index contributed by atoms with van der Waals surface area (Å²) in [7, 11) is 0. The van der Waals surface area contributed by atoms with Gasteiger partial charge in [-0.25, -0.2) is 0 Å². The van der Waals surface area contributed by atoms with Crippen LogP contribution in [-0.4, -0.2) is 30.4 Å². The molecule has 14 heavy (non-hydrogen) atoms. The Morgan fingerprint density at radius 3 is 2.50 bits per heavy atom. The van der Waals surface area contributed by atoms with Crippen LogP contribution < -0.4 is 5.73 Å². The molecule has 1 aliphatic rings. The predicted molar refractivity (Wildman–Crippen MR) is 57.8 cm³/mol. The first kappa shape index (κ1) is 11.5. The van der Waals surface area contributed by atoms with Crippen molar-refractivity contribution in [1.82, 2.24) is 4.90 Å². The van der Waals surface area contributed by atoms with Crippen molar-refractivity contribution in [3.63, 3.8) is 0 Å². The molecular weight excluding hydrogens is 176 g/mol. The van der Waals surface area contributed by atoms with Crippen LogP contribution in [0.5, 0.6) is 0 Å². The van der Waals surface area contributed by atoms with Crippen molar-refractivity contribution in [3.8, 4) is 0 Å². The third-order valence-corrected chi connectivity index (χ3v) is 3.35. The highest BCUT2D eigenvalue weighted by Gasteiger charge is 2.33. The lowest BCUT2D eigenvalue weighted by atomic mass is 9.95. The van der Waals surface area contributed by atoms with Gasteiger partial charge in [0.15, 0.2) is 0 Å². The highest BCUT2D eigenvalue weighted by atomic mass is 16.2. The van der Waals surface area contributed by atoms with Crippen molar-refractivity contribution in [3.05, 3.63) is 0 Å². The topological polar surface area (TPSA) is 46.3 Å². The van der Waals surface area contributed by atoms with Gasteiger partial charge in [-0.2, -0.15) is 0 Å². The zero-order chi connectivity index (χ0) is 10.6. The van der Waals surface area contributed by atoms with Gasteiger partial charge in [0.2, 0.25) is 5.91 Å². The third kappa shape index (κ3) is 2.27. The Kier molecular flexibility index (Phi) is 4.39. The lowest BCUT2D eigenvalue weighted by Crippen LogP contribution is -2.38. The molecule has 1 saturated carbocycles. The minimum absolute atomic E-state index is 0.208. The molecular formula is C11H22N2O. The summed E-state index contributed by atoms with van der Waals surface area (Å²) in [5, 5.41) is 0. The average Bonchev–Trinajstić information content (AvgIpc) is 2.67. The summed E-state index contributed by atoms with van der Waals surface area (Å²) in [5.41, 5.74) is 5.67.